The van der Waals surface area contributed by atoms with Crippen LogP contribution >= 0.6 is 22.9 Å². The van der Waals surface area contributed by atoms with E-state index in [0.29, 0.717) is 0 Å². The fourth-order valence-electron chi connectivity index (χ4n) is 1.16. The van der Waals surface area contributed by atoms with Crippen molar-refractivity contribution < 1.29 is 4.79 Å². The molecule has 0 aromatic carbocycles. The van der Waals surface area contributed by atoms with Crippen LogP contribution in [0.1, 0.15) is 12.8 Å². The summed E-state index contributed by atoms with van der Waals surface area (Å²) in [5.41, 5.74) is 0. The van der Waals surface area contributed by atoms with Crippen molar-refractivity contribution in [2.75, 3.05) is 13.6 Å². The number of nitrogens with zero attached hydrogens (tertiary/aromatic N) is 1. The van der Waals surface area contributed by atoms with Gasteiger partial charge < -0.3 is 5.32 Å². The Balaban J connectivity index is 2.46. The van der Waals surface area contributed by atoms with E-state index in [1.807, 2.05) is 0 Å². The standard InChI is InChI=1S/C6H11IN2O/c1-8-6(10)5-3-2-4-9(5)7/h5H,2-4H2,1H3,(H,8,10)/t5-/m0/s1. The van der Waals surface area contributed by atoms with E-state index in [4.69, 9.17) is 0 Å². The summed E-state index contributed by atoms with van der Waals surface area (Å²) < 4.78 is 2.07. The first-order chi connectivity index (χ1) is 4.75. The highest BCUT2D eigenvalue weighted by molar-refractivity contribution is 14.1. The molecule has 4 heteroatoms. The zero-order chi connectivity index (χ0) is 7.56. The highest BCUT2D eigenvalue weighted by atomic mass is 127. The van der Waals surface area contributed by atoms with Gasteiger partial charge in [-0.05, 0) is 12.8 Å². The summed E-state index contributed by atoms with van der Waals surface area (Å²) in [6.07, 6.45) is 2.14. The lowest BCUT2D eigenvalue weighted by molar-refractivity contribution is -0.123. The Labute approximate surface area is 74.6 Å². The predicted octanol–water partition coefficient (Wildman–Crippen LogP) is 0.547. The summed E-state index contributed by atoms with van der Waals surface area (Å²) in [7, 11) is 1.69. The molecule has 0 aromatic heterocycles. The van der Waals surface area contributed by atoms with E-state index in [1.165, 1.54) is 0 Å². The van der Waals surface area contributed by atoms with Gasteiger partial charge in [0.1, 0.15) is 0 Å². The normalized spacial score (nSPS) is 26.8. The van der Waals surface area contributed by atoms with Gasteiger partial charge in [0, 0.05) is 36.5 Å². The molecule has 58 valence electrons. The van der Waals surface area contributed by atoms with Crippen molar-refractivity contribution in [3.63, 3.8) is 0 Å². The zero-order valence-corrected chi connectivity index (χ0v) is 8.09. The van der Waals surface area contributed by atoms with Gasteiger partial charge in [0.2, 0.25) is 5.91 Å². The number of nitrogens with one attached hydrogen (secondary N) is 1. The summed E-state index contributed by atoms with van der Waals surface area (Å²) >= 11 is 2.21. The number of hydrogen-bond donors (Lipinski definition) is 1. The maximum Gasteiger partial charge on any atom is 0.237 e. The summed E-state index contributed by atoms with van der Waals surface area (Å²) in [6.45, 7) is 1.04. The number of hydrogen-bond acceptors (Lipinski definition) is 2. The SMILES string of the molecule is CNC(=O)[C@@H]1CCCN1I. The van der Waals surface area contributed by atoms with Crippen LogP contribution in [0.2, 0.25) is 0 Å². The monoisotopic (exact) mass is 254 g/mol. The second-order valence-corrected chi connectivity index (χ2v) is 3.63. The molecule has 1 fully saturated rings. The third-order valence-electron chi connectivity index (χ3n) is 1.74. The van der Waals surface area contributed by atoms with Crippen LogP contribution in [0.25, 0.3) is 0 Å². The number of carbonyl (C=O) groups excluding carboxylic acids is 1. The van der Waals surface area contributed by atoms with Gasteiger partial charge in [-0.2, -0.15) is 0 Å². The molecule has 0 spiro atoms. The third-order valence-corrected chi connectivity index (χ3v) is 2.89. The molecule has 1 N–H and O–H groups in total. The van der Waals surface area contributed by atoms with E-state index in [1.54, 1.807) is 7.05 Å². The summed E-state index contributed by atoms with van der Waals surface area (Å²) in [6, 6.07) is 0.116. The molecule has 0 radical (unpaired) electrons. The molecule has 1 saturated heterocycles. The van der Waals surface area contributed by atoms with E-state index in [-0.39, 0.29) is 11.9 Å². The predicted molar refractivity (Wildman–Crippen MR) is 47.8 cm³/mol. The van der Waals surface area contributed by atoms with Gasteiger partial charge in [0.15, 0.2) is 0 Å². The average Bonchev–Trinajstić information content (AvgIpc) is 2.34. The minimum atomic E-state index is 0.116. The molecule has 3 nitrogen and oxygen atoms in total. The summed E-state index contributed by atoms with van der Waals surface area (Å²) in [5, 5.41) is 2.65. The van der Waals surface area contributed by atoms with Crippen LogP contribution < -0.4 is 5.32 Å². The summed E-state index contributed by atoms with van der Waals surface area (Å²) in [5.74, 6) is 0.145. The van der Waals surface area contributed by atoms with Crippen LogP contribution in [0.15, 0.2) is 0 Å². The average molecular weight is 254 g/mol. The largest absolute Gasteiger partial charge is 0.358 e. The van der Waals surface area contributed by atoms with Crippen LogP contribution in [-0.4, -0.2) is 28.7 Å². The molecule has 0 unspecified atom stereocenters. The highest BCUT2D eigenvalue weighted by Crippen LogP contribution is 2.20. The van der Waals surface area contributed by atoms with Crippen LogP contribution in [0.3, 0.4) is 0 Å². The molecule has 10 heavy (non-hydrogen) atoms. The smallest absolute Gasteiger partial charge is 0.237 e. The number of amides is 1. The lowest BCUT2D eigenvalue weighted by Gasteiger charge is -2.14. The Morgan fingerprint density at radius 1 is 1.80 bits per heavy atom. The number of halogens is 1. The van der Waals surface area contributed by atoms with Crippen molar-refractivity contribution in [3.8, 4) is 0 Å². The van der Waals surface area contributed by atoms with Crippen molar-refractivity contribution in [1.82, 2.24) is 8.43 Å². The van der Waals surface area contributed by atoms with Gasteiger partial charge in [-0.3, -0.25) is 4.79 Å². The van der Waals surface area contributed by atoms with Gasteiger partial charge in [-0.1, -0.05) is 0 Å². The van der Waals surface area contributed by atoms with Gasteiger partial charge in [0.05, 0.1) is 6.04 Å². The van der Waals surface area contributed by atoms with Crippen LogP contribution in [0.5, 0.6) is 0 Å². The molecule has 0 saturated carbocycles. The number of likely N-dealkylation sites (N-methyl/N-ethyl adjacent to an activating group) is 1. The first-order valence-electron chi connectivity index (χ1n) is 3.39. The molecule has 0 bridgehead atoms. The lowest BCUT2D eigenvalue weighted by Crippen LogP contribution is -2.36. The maximum atomic E-state index is 11.1. The van der Waals surface area contributed by atoms with E-state index < -0.39 is 0 Å². The Morgan fingerprint density at radius 3 is 2.90 bits per heavy atom. The number of carbonyl (C=O) groups is 1. The van der Waals surface area contributed by atoms with Crippen molar-refractivity contribution in [2.45, 2.75) is 18.9 Å². The number of rotatable bonds is 1. The van der Waals surface area contributed by atoms with Gasteiger partial charge in [-0.15, -0.1) is 0 Å². The highest BCUT2D eigenvalue weighted by Gasteiger charge is 2.27. The molecule has 1 rings (SSSR count). The van der Waals surface area contributed by atoms with Crippen LogP contribution in [0, 0.1) is 0 Å². The lowest BCUT2D eigenvalue weighted by atomic mass is 10.2. The zero-order valence-electron chi connectivity index (χ0n) is 5.93. The van der Waals surface area contributed by atoms with E-state index >= 15 is 0 Å². The Morgan fingerprint density at radius 2 is 2.50 bits per heavy atom. The molecule has 1 atom stereocenters. The molecular formula is C6H11IN2O. The van der Waals surface area contributed by atoms with Crippen molar-refractivity contribution in [1.29, 1.82) is 0 Å². The Hall–Kier alpha value is 0.160. The Kier molecular flexibility index (Phi) is 2.91. The van der Waals surface area contributed by atoms with Crippen molar-refractivity contribution in [3.05, 3.63) is 0 Å². The maximum absolute atomic E-state index is 11.1. The first kappa shape index (κ1) is 8.26. The minimum Gasteiger partial charge on any atom is -0.358 e. The molecule has 1 heterocycles. The van der Waals surface area contributed by atoms with Crippen molar-refractivity contribution >= 4 is 28.8 Å². The van der Waals surface area contributed by atoms with Gasteiger partial charge in [0.25, 0.3) is 0 Å². The first-order valence-corrected chi connectivity index (χ1v) is 4.36. The third kappa shape index (κ3) is 1.60. The molecule has 0 aromatic rings. The molecule has 1 aliphatic rings. The quantitative estimate of drug-likeness (QED) is 0.547. The van der Waals surface area contributed by atoms with E-state index in [0.717, 1.165) is 19.4 Å². The minimum absolute atomic E-state index is 0.116. The molecule has 1 amide bonds. The van der Waals surface area contributed by atoms with E-state index in [9.17, 15) is 4.79 Å². The fourth-order valence-corrected chi connectivity index (χ4v) is 2.03. The second-order valence-electron chi connectivity index (χ2n) is 2.40. The Bertz CT molecular complexity index is 140. The second kappa shape index (κ2) is 3.52. The van der Waals surface area contributed by atoms with Gasteiger partial charge in [-0.25, -0.2) is 3.11 Å². The van der Waals surface area contributed by atoms with E-state index in [2.05, 4.69) is 31.3 Å². The summed E-state index contributed by atoms with van der Waals surface area (Å²) in [4.78, 5) is 11.1. The van der Waals surface area contributed by atoms with Gasteiger partial charge >= 0.3 is 0 Å². The fraction of sp³-hybridized carbons (Fsp3) is 0.833. The topological polar surface area (TPSA) is 32.3 Å². The van der Waals surface area contributed by atoms with Crippen molar-refractivity contribution in [2.24, 2.45) is 0 Å². The molecule has 0 aliphatic carbocycles. The van der Waals surface area contributed by atoms with Crippen LogP contribution in [0.4, 0.5) is 0 Å². The molecule has 1 aliphatic heterocycles. The van der Waals surface area contributed by atoms with Crippen LogP contribution in [-0.2, 0) is 4.79 Å². The molecular weight excluding hydrogens is 243 g/mol.